The minimum Gasteiger partial charge on any atom is -0.293 e. The third-order valence-corrected chi connectivity index (χ3v) is 6.53. The third kappa shape index (κ3) is 2.80. The quantitative estimate of drug-likeness (QED) is 0.351. The molecule has 152 valence electrons. The van der Waals surface area contributed by atoms with Gasteiger partial charge in [0.2, 0.25) is 0 Å². The Morgan fingerprint density at radius 2 is 1.44 bits per heavy atom. The molecule has 1 unspecified atom stereocenters. The molecular weight excluding hydrogens is 392 g/mol. The van der Waals surface area contributed by atoms with Gasteiger partial charge in [0, 0.05) is 16.7 Å². The van der Waals surface area contributed by atoms with Crippen molar-refractivity contribution in [1.82, 2.24) is 0 Å². The predicted octanol–water partition coefficient (Wildman–Crippen LogP) is 6.66. The molecule has 4 aromatic carbocycles. The molecule has 0 saturated heterocycles. The van der Waals surface area contributed by atoms with Gasteiger partial charge in [-0.15, -0.1) is 0 Å². The lowest BCUT2D eigenvalue weighted by atomic mass is 9.75. The Morgan fingerprint density at radius 1 is 0.719 bits per heavy atom. The van der Waals surface area contributed by atoms with Crippen LogP contribution in [-0.2, 0) is 6.42 Å². The van der Waals surface area contributed by atoms with Crippen LogP contribution >= 0.6 is 0 Å². The summed E-state index contributed by atoms with van der Waals surface area (Å²) in [5.74, 6) is -0.529. The van der Waals surface area contributed by atoms with Crippen LogP contribution in [-0.4, -0.2) is 11.6 Å². The molecule has 0 fully saturated rings. The Morgan fingerprint density at radius 3 is 2.19 bits per heavy atom. The summed E-state index contributed by atoms with van der Waals surface area (Å²) in [4.78, 5) is 27.3. The molecule has 0 saturated carbocycles. The minimum absolute atomic E-state index is 0.0154. The first-order valence-corrected chi connectivity index (χ1v) is 10.9. The molecule has 4 aromatic rings. The molecule has 0 spiro atoms. The summed E-state index contributed by atoms with van der Waals surface area (Å²) in [5.41, 5.74) is 6.18. The number of ketones is 2. The van der Waals surface area contributed by atoms with E-state index in [-0.39, 0.29) is 11.6 Å². The first-order chi connectivity index (χ1) is 15.7. The van der Waals surface area contributed by atoms with Crippen LogP contribution < -0.4 is 0 Å². The number of hydrogen-bond donors (Lipinski definition) is 0. The molecular formula is C30H20O2. The maximum Gasteiger partial charge on any atom is 0.193 e. The van der Waals surface area contributed by atoms with Crippen molar-refractivity contribution in [2.24, 2.45) is 0 Å². The van der Waals surface area contributed by atoms with Gasteiger partial charge in [-0.2, -0.15) is 0 Å². The van der Waals surface area contributed by atoms with E-state index in [2.05, 4.69) is 36.4 Å². The third-order valence-electron chi connectivity index (χ3n) is 6.53. The van der Waals surface area contributed by atoms with E-state index in [1.807, 2.05) is 66.7 Å². The maximum absolute atomic E-state index is 13.6. The van der Waals surface area contributed by atoms with Crippen molar-refractivity contribution >= 4 is 34.0 Å². The highest BCUT2D eigenvalue weighted by molar-refractivity contribution is 6.33. The maximum atomic E-state index is 13.6. The molecule has 2 nitrogen and oxygen atoms in total. The summed E-state index contributed by atoms with van der Waals surface area (Å²) in [5, 5.41) is 2.21. The number of Topliss-reactive ketones (excluding diaryl/α,β-unsaturated/α-hetero) is 2. The largest absolute Gasteiger partial charge is 0.293 e. The van der Waals surface area contributed by atoms with Gasteiger partial charge in [-0.1, -0.05) is 103 Å². The fourth-order valence-electron chi connectivity index (χ4n) is 5.02. The molecule has 0 aliphatic heterocycles. The molecule has 2 aliphatic rings. The molecule has 0 bridgehead atoms. The van der Waals surface area contributed by atoms with Crippen molar-refractivity contribution in [3.8, 4) is 0 Å². The van der Waals surface area contributed by atoms with E-state index in [0.717, 1.165) is 28.5 Å². The predicted molar refractivity (Wildman–Crippen MR) is 129 cm³/mol. The van der Waals surface area contributed by atoms with Crippen LogP contribution in [0.15, 0.2) is 97.1 Å². The second kappa shape index (κ2) is 7.28. The highest BCUT2D eigenvalue weighted by Crippen LogP contribution is 2.44. The van der Waals surface area contributed by atoms with Crippen molar-refractivity contribution in [3.05, 3.63) is 130 Å². The molecule has 1 atom stereocenters. The normalized spacial score (nSPS) is 16.0. The molecule has 32 heavy (non-hydrogen) atoms. The van der Waals surface area contributed by atoms with E-state index in [1.54, 1.807) is 0 Å². The lowest BCUT2D eigenvalue weighted by Crippen LogP contribution is -2.18. The topological polar surface area (TPSA) is 34.1 Å². The number of benzene rings is 4. The van der Waals surface area contributed by atoms with Crippen LogP contribution in [0.25, 0.3) is 22.4 Å². The number of carbonyl (C=O) groups is 2. The Bertz CT molecular complexity index is 1460. The van der Waals surface area contributed by atoms with Crippen LogP contribution in [0.4, 0.5) is 0 Å². The first-order valence-electron chi connectivity index (χ1n) is 10.9. The van der Waals surface area contributed by atoms with Gasteiger partial charge in [0.05, 0.1) is 5.92 Å². The number of hydrogen-bond acceptors (Lipinski definition) is 2. The fourth-order valence-corrected chi connectivity index (χ4v) is 5.02. The van der Waals surface area contributed by atoms with Gasteiger partial charge >= 0.3 is 0 Å². The standard InChI is InChI=1S/C30H20O2/c31-29(21-8-3-1-4-9-21)25-18-26(30(32)22-10-5-2-6-11-22)24-17-15-20-13-7-12-19-14-16-23(25)28(24)27(19)20/h1-12,14-18,25H,13H2. The van der Waals surface area contributed by atoms with Crippen LogP contribution in [0.3, 0.4) is 0 Å². The van der Waals surface area contributed by atoms with Gasteiger partial charge in [0.15, 0.2) is 11.6 Å². The van der Waals surface area contributed by atoms with Crippen molar-refractivity contribution in [2.45, 2.75) is 12.3 Å². The summed E-state index contributed by atoms with van der Waals surface area (Å²) in [6, 6.07) is 27.0. The fraction of sp³-hybridized carbons (Fsp3) is 0.0667. The van der Waals surface area contributed by atoms with Gasteiger partial charge in [-0.25, -0.2) is 0 Å². The van der Waals surface area contributed by atoms with Crippen LogP contribution in [0, 0.1) is 0 Å². The van der Waals surface area contributed by atoms with E-state index >= 15 is 0 Å². The lowest BCUT2D eigenvalue weighted by molar-refractivity contribution is 0.0976. The van der Waals surface area contributed by atoms with E-state index < -0.39 is 5.92 Å². The average Bonchev–Trinajstić information content (AvgIpc) is 2.87. The molecule has 0 aromatic heterocycles. The number of carbonyl (C=O) groups excluding carboxylic acids is 2. The smallest absolute Gasteiger partial charge is 0.193 e. The van der Waals surface area contributed by atoms with Crippen LogP contribution in [0.1, 0.15) is 48.9 Å². The summed E-state index contributed by atoms with van der Waals surface area (Å²) >= 11 is 0. The van der Waals surface area contributed by atoms with E-state index in [1.165, 1.54) is 10.9 Å². The van der Waals surface area contributed by atoms with Gasteiger partial charge in [0.25, 0.3) is 0 Å². The van der Waals surface area contributed by atoms with Crippen molar-refractivity contribution in [2.75, 3.05) is 0 Å². The monoisotopic (exact) mass is 412 g/mol. The zero-order chi connectivity index (χ0) is 21.7. The second-order valence-corrected chi connectivity index (χ2v) is 8.36. The Kier molecular flexibility index (Phi) is 4.26. The Balaban J connectivity index is 1.63. The second-order valence-electron chi connectivity index (χ2n) is 8.36. The molecule has 0 amide bonds. The number of rotatable bonds is 4. The number of allylic oxidation sites excluding steroid dienone is 3. The summed E-state index contributed by atoms with van der Waals surface area (Å²) in [7, 11) is 0. The Labute approximate surface area is 186 Å². The van der Waals surface area contributed by atoms with Crippen molar-refractivity contribution in [1.29, 1.82) is 0 Å². The summed E-state index contributed by atoms with van der Waals surface area (Å²) in [6.07, 6.45) is 7.04. The van der Waals surface area contributed by atoms with Gasteiger partial charge in [-0.05, 0) is 39.4 Å². The molecule has 0 N–H and O–H groups in total. The van der Waals surface area contributed by atoms with Gasteiger partial charge < -0.3 is 0 Å². The zero-order valence-electron chi connectivity index (χ0n) is 17.4. The van der Waals surface area contributed by atoms with Crippen molar-refractivity contribution < 1.29 is 9.59 Å². The summed E-state index contributed by atoms with van der Waals surface area (Å²) in [6.45, 7) is 0. The summed E-state index contributed by atoms with van der Waals surface area (Å²) < 4.78 is 0. The highest BCUT2D eigenvalue weighted by Gasteiger charge is 2.32. The Hall–Kier alpha value is -4.04. The molecule has 2 aliphatic carbocycles. The molecule has 0 radical (unpaired) electrons. The minimum atomic E-state index is -0.497. The van der Waals surface area contributed by atoms with Crippen molar-refractivity contribution in [3.63, 3.8) is 0 Å². The molecule has 2 heteroatoms. The molecule has 6 rings (SSSR count). The van der Waals surface area contributed by atoms with E-state index in [0.29, 0.717) is 16.7 Å². The van der Waals surface area contributed by atoms with Gasteiger partial charge in [0.1, 0.15) is 0 Å². The highest BCUT2D eigenvalue weighted by atomic mass is 16.1. The lowest BCUT2D eigenvalue weighted by Gasteiger charge is -2.27. The molecule has 0 heterocycles. The van der Waals surface area contributed by atoms with Gasteiger partial charge in [-0.3, -0.25) is 9.59 Å². The van der Waals surface area contributed by atoms with E-state index in [9.17, 15) is 9.59 Å². The SMILES string of the molecule is O=C(C1=CC(C(=O)c2ccccc2)c2ccc3c4c(ccc1c24)CC=C3)c1ccccc1. The zero-order valence-corrected chi connectivity index (χ0v) is 17.4. The van der Waals surface area contributed by atoms with Crippen LogP contribution in [0.5, 0.6) is 0 Å². The first kappa shape index (κ1) is 18.7. The average molecular weight is 412 g/mol. The van der Waals surface area contributed by atoms with E-state index in [4.69, 9.17) is 0 Å². The van der Waals surface area contributed by atoms with Crippen LogP contribution in [0.2, 0.25) is 0 Å².